The van der Waals surface area contributed by atoms with E-state index in [1.54, 1.807) is 20.8 Å². The van der Waals surface area contributed by atoms with Gasteiger partial charge in [0.15, 0.2) is 0 Å². The van der Waals surface area contributed by atoms with E-state index in [2.05, 4.69) is 41.7 Å². The first-order valence-electron chi connectivity index (χ1n) is 15.5. The second-order valence-electron chi connectivity index (χ2n) is 12.5. The molecule has 1 fully saturated rings. The Balaban J connectivity index is 1.46. The summed E-state index contributed by atoms with van der Waals surface area (Å²) in [5.74, 6) is -1.52. The van der Waals surface area contributed by atoms with Gasteiger partial charge in [-0.3, -0.25) is 19.3 Å². The average molecular weight is 664 g/mol. The number of nitrogens with one attached hydrogen (secondary N) is 1. The second kappa shape index (κ2) is 13.3. The van der Waals surface area contributed by atoms with Crippen LogP contribution in [0.2, 0.25) is 0 Å². The number of amides is 2. The molecule has 0 saturated carbocycles. The van der Waals surface area contributed by atoms with E-state index in [1.807, 2.05) is 84.9 Å². The molecule has 2 atom stereocenters. The van der Waals surface area contributed by atoms with Crippen molar-refractivity contribution in [3.8, 4) is 0 Å². The fourth-order valence-electron chi connectivity index (χ4n) is 6.08. The molecule has 4 aromatic rings. The minimum Gasteiger partial charge on any atom is -0.455 e. The van der Waals surface area contributed by atoms with Crippen molar-refractivity contribution < 1.29 is 23.9 Å². The van der Waals surface area contributed by atoms with Crippen LogP contribution in [-0.2, 0) is 30.3 Å². The van der Waals surface area contributed by atoms with Crippen LogP contribution in [-0.4, -0.2) is 51.0 Å². The second-order valence-corrected chi connectivity index (χ2v) is 17.1. The van der Waals surface area contributed by atoms with E-state index in [0.29, 0.717) is 0 Å². The Labute approximate surface area is 279 Å². The molecule has 2 aliphatic rings. The van der Waals surface area contributed by atoms with Crippen molar-refractivity contribution in [2.45, 2.75) is 44.2 Å². The standard InChI is InChI=1S/C38H35N2O5PS/c1-38(2,3)45-36(43)33-30(37(44)47-35-32(34(42)40(33)35)39-31(41)24-26-16-8-4-9-17-26)25-46(27-18-10-5-11-19-27,28-20-12-6-13-21-28)29-22-14-7-15-23-29/h4-23,32,35H,24-25H2,1-3H3/p+1/t32-,35-/m1/s1. The summed E-state index contributed by atoms with van der Waals surface area (Å²) in [6.07, 6.45) is 0.293. The fraction of sp³-hybridized carbons (Fsp3) is 0.211. The van der Waals surface area contributed by atoms with Crippen molar-refractivity contribution in [3.05, 3.63) is 138 Å². The van der Waals surface area contributed by atoms with E-state index >= 15 is 0 Å². The molecular formula is C38H36N2O5PS+. The van der Waals surface area contributed by atoms with Gasteiger partial charge in [-0.1, -0.05) is 96.7 Å². The topological polar surface area (TPSA) is 92.8 Å². The van der Waals surface area contributed by atoms with Gasteiger partial charge in [-0.15, -0.1) is 0 Å². The zero-order valence-electron chi connectivity index (χ0n) is 26.5. The number of benzene rings is 4. The van der Waals surface area contributed by atoms with Crippen LogP contribution < -0.4 is 21.2 Å². The predicted molar refractivity (Wildman–Crippen MR) is 188 cm³/mol. The Morgan fingerprint density at radius 2 is 1.23 bits per heavy atom. The number of hydrogen-bond acceptors (Lipinski definition) is 6. The molecule has 0 aromatic heterocycles. The number of thioether (sulfide) groups is 1. The summed E-state index contributed by atoms with van der Waals surface area (Å²) in [4.78, 5) is 56.6. The third-order valence-electron chi connectivity index (χ3n) is 8.15. The van der Waals surface area contributed by atoms with Crippen molar-refractivity contribution in [3.63, 3.8) is 0 Å². The first kappa shape index (κ1) is 32.4. The van der Waals surface area contributed by atoms with Gasteiger partial charge >= 0.3 is 5.97 Å². The lowest BCUT2D eigenvalue weighted by Crippen LogP contribution is -2.71. The molecule has 0 unspecified atom stereocenters. The third kappa shape index (κ3) is 6.53. The highest BCUT2D eigenvalue weighted by Gasteiger charge is 2.59. The van der Waals surface area contributed by atoms with Crippen LogP contribution in [0.4, 0.5) is 0 Å². The van der Waals surface area contributed by atoms with Gasteiger partial charge in [0, 0.05) is 0 Å². The summed E-state index contributed by atoms with van der Waals surface area (Å²) >= 11 is 0.973. The highest BCUT2D eigenvalue weighted by atomic mass is 32.2. The normalized spacial score (nSPS) is 17.9. The van der Waals surface area contributed by atoms with Crippen LogP contribution in [0.15, 0.2) is 133 Å². The monoisotopic (exact) mass is 663 g/mol. The number of carbonyl (C=O) groups is 4. The number of esters is 1. The Morgan fingerprint density at radius 1 is 0.766 bits per heavy atom. The lowest BCUT2D eigenvalue weighted by Gasteiger charge is -2.49. The molecule has 4 aromatic carbocycles. The van der Waals surface area contributed by atoms with Gasteiger partial charge in [0.05, 0.1) is 12.0 Å². The number of ether oxygens (including phenoxy) is 1. The van der Waals surface area contributed by atoms with Crippen LogP contribution in [0.25, 0.3) is 0 Å². The first-order chi connectivity index (χ1) is 22.6. The lowest BCUT2D eigenvalue weighted by atomic mass is 10.0. The molecule has 0 radical (unpaired) electrons. The van der Waals surface area contributed by atoms with Crippen molar-refractivity contribution in [1.29, 1.82) is 0 Å². The number of β-lactam (4-membered cyclic amide) rings is 1. The first-order valence-corrected chi connectivity index (χ1v) is 18.3. The maximum Gasteiger partial charge on any atom is 0.356 e. The SMILES string of the molecule is CC(C)(C)OC(=O)C1=C(C[P+](c2ccccc2)(c2ccccc2)c2ccccc2)C(=O)S[C@@H]2[C@H](NC(=O)Cc3ccccc3)C(=O)N12. The Hall–Kier alpha value is -4.52. The molecule has 1 saturated heterocycles. The van der Waals surface area contributed by atoms with E-state index in [-0.39, 0.29) is 34.9 Å². The molecule has 0 aliphatic carbocycles. The summed E-state index contributed by atoms with van der Waals surface area (Å²) in [5.41, 5.74) is 0.132. The molecule has 238 valence electrons. The van der Waals surface area contributed by atoms with Crippen LogP contribution in [0.1, 0.15) is 26.3 Å². The fourth-order valence-corrected chi connectivity index (χ4v) is 11.6. The van der Waals surface area contributed by atoms with Crippen LogP contribution >= 0.6 is 19.0 Å². The molecule has 2 aliphatic heterocycles. The minimum atomic E-state index is -2.61. The van der Waals surface area contributed by atoms with Crippen LogP contribution in [0.3, 0.4) is 0 Å². The highest BCUT2D eigenvalue weighted by molar-refractivity contribution is 8.15. The number of carbonyl (C=O) groups excluding carboxylic acids is 4. The van der Waals surface area contributed by atoms with Gasteiger partial charge < -0.3 is 10.1 Å². The van der Waals surface area contributed by atoms with Gasteiger partial charge in [0.1, 0.15) is 52.1 Å². The summed E-state index contributed by atoms with van der Waals surface area (Å²) in [6.45, 7) is 5.26. The molecule has 7 nitrogen and oxygen atoms in total. The van der Waals surface area contributed by atoms with Crippen molar-refractivity contribution in [1.82, 2.24) is 10.2 Å². The molecule has 2 amide bonds. The molecule has 1 N–H and O–H groups in total. The number of hydrogen-bond donors (Lipinski definition) is 1. The van der Waals surface area contributed by atoms with Crippen LogP contribution in [0.5, 0.6) is 0 Å². The molecule has 47 heavy (non-hydrogen) atoms. The summed E-state index contributed by atoms with van der Waals surface area (Å²) in [6, 6.07) is 38.4. The number of rotatable bonds is 9. The summed E-state index contributed by atoms with van der Waals surface area (Å²) in [5, 5.41) is 4.85. The van der Waals surface area contributed by atoms with E-state index in [0.717, 1.165) is 33.2 Å². The van der Waals surface area contributed by atoms with Gasteiger partial charge in [-0.2, -0.15) is 0 Å². The van der Waals surface area contributed by atoms with Crippen LogP contribution in [0, 0.1) is 0 Å². The smallest absolute Gasteiger partial charge is 0.356 e. The largest absolute Gasteiger partial charge is 0.455 e. The average Bonchev–Trinajstić information content (AvgIpc) is 3.07. The molecule has 2 heterocycles. The highest BCUT2D eigenvalue weighted by Crippen LogP contribution is 2.58. The zero-order chi connectivity index (χ0) is 33.2. The quantitative estimate of drug-likeness (QED) is 0.158. The minimum absolute atomic E-state index is 0.0422. The van der Waals surface area contributed by atoms with E-state index in [1.165, 1.54) is 4.90 Å². The molecule has 9 heteroatoms. The summed E-state index contributed by atoms with van der Waals surface area (Å²) < 4.78 is 5.86. The summed E-state index contributed by atoms with van der Waals surface area (Å²) in [7, 11) is -2.61. The molecule has 0 spiro atoms. The van der Waals surface area contributed by atoms with E-state index in [4.69, 9.17) is 4.74 Å². The van der Waals surface area contributed by atoms with Gasteiger partial charge in [-0.05, 0) is 62.7 Å². The molecular weight excluding hydrogens is 627 g/mol. The molecule has 6 rings (SSSR count). The Bertz CT molecular complexity index is 1730. The van der Waals surface area contributed by atoms with Crippen molar-refractivity contribution >= 4 is 57.8 Å². The molecule has 0 bridgehead atoms. The maximum atomic E-state index is 14.3. The Morgan fingerprint density at radius 3 is 1.70 bits per heavy atom. The van der Waals surface area contributed by atoms with Gasteiger partial charge in [0.25, 0.3) is 5.91 Å². The van der Waals surface area contributed by atoms with E-state index < -0.39 is 36.2 Å². The number of fused-ring (bicyclic) bond motifs is 1. The third-order valence-corrected chi connectivity index (χ3v) is 13.7. The van der Waals surface area contributed by atoms with Crippen molar-refractivity contribution in [2.75, 3.05) is 6.16 Å². The number of nitrogens with zero attached hydrogens (tertiary/aromatic N) is 1. The van der Waals surface area contributed by atoms with Crippen molar-refractivity contribution in [2.24, 2.45) is 0 Å². The van der Waals surface area contributed by atoms with E-state index in [9.17, 15) is 19.2 Å². The zero-order valence-corrected chi connectivity index (χ0v) is 28.2. The Kier molecular flexibility index (Phi) is 9.18. The van der Waals surface area contributed by atoms with Gasteiger partial charge in [-0.25, -0.2) is 4.79 Å². The van der Waals surface area contributed by atoms with Gasteiger partial charge in [0.2, 0.25) is 11.0 Å². The lowest BCUT2D eigenvalue weighted by molar-refractivity contribution is -0.159. The predicted octanol–water partition coefficient (Wildman–Crippen LogP) is 4.75. The maximum absolute atomic E-state index is 14.3.